The second kappa shape index (κ2) is 5.90. The van der Waals surface area contributed by atoms with Gasteiger partial charge in [-0.25, -0.2) is 19.7 Å². The molecule has 1 aliphatic heterocycles. The first kappa shape index (κ1) is 13.5. The summed E-state index contributed by atoms with van der Waals surface area (Å²) in [6.45, 7) is 1.90. The van der Waals surface area contributed by atoms with Gasteiger partial charge in [0.15, 0.2) is 17.3 Å². The molecule has 1 saturated heterocycles. The van der Waals surface area contributed by atoms with Crippen LogP contribution in [0.5, 0.6) is 0 Å². The van der Waals surface area contributed by atoms with Crippen molar-refractivity contribution in [2.24, 2.45) is 0 Å². The fourth-order valence-corrected chi connectivity index (χ4v) is 2.56. The number of carbonyl (C=O) groups is 1. The number of aromatic nitrogens is 4. The summed E-state index contributed by atoms with van der Waals surface area (Å²) in [6, 6.07) is 0. The summed E-state index contributed by atoms with van der Waals surface area (Å²) in [7, 11) is 0. The third kappa shape index (κ3) is 2.86. The fraction of sp³-hybridized carbons (Fsp3) is 0.429. The highest BCUT2D eigenvalue weighted by Gasteiger charge is 2.18. The van der Waals surface area contributed by atoms with E-state index in [-0.39, 0.29) is 5.69 Å². The summed E-state index contributed by atoms with van der Waals surface area (Å²) in [5.41, 5.74) is 0.00229. The third-order valence-corrected chi connectivity index (χ3v) is 3.61. The molecule has 7 nitrogen and oxygen atoms in total. The third-order valence-electron chi connectivity index (χ3n) is 3.61. The van der Waals surface area contributed by atoms with E-state index >= 15 is 0 Å². The van der Waals surface area contributed by atoms with E-state index in [0.717, 1.165) is 31.7 Å². The molecule has 21 heavy (non-hydrogen) atoms. The molecule has 2 aromatic heterocycles. The lowest BCUT2D eigenvalue weighted by molar-refractivity contribution is 0.0691. The first-order valence-corrected chi connectivity index (χ1v) is 7.09. The number of carboxylic acids is 1. The second-order valence-electron chi connectivity index (χ2n) is 5.08. The minimum Gasteiger partial charge on any atom is -0.476 e. The van der Waals surface area contributed by atoms with Gasteiger partial charge in [-0.1, -0.05) is 12.8 Å². The van der Waals surface area contributed by atoms with Crippen LogP contribution in [-0.2, 0) is 0 Å². The molecule has 110 valence electrons. The van der Waals surface area contributed by atoms with Crippen LogP contribution < -0.4 is 4.90 Å². The topological polar surface area (TPSA) is 84.1 Å². The molecule has 0 unspecified atom stereocenters. The van der Waals surface area contributed by atoms with Crippen LogP contribution in [0.15, 0.2) is 24.9 Å². The van der Waals surface area contributed by atoms with E-state index in [1.807, 2.05) is 0 Å². The molecule has 0 radical (unpaired) electrons. The van der Waals surface area contributed by atoms with Gasteiger partial charge < -0.3 is 10.0 Å². The normalized spacial score (nSPS) is 15.7. The summed E-state index contributed by atoms with van der Waals surface area (Å²) >= 11 is 0. The minimum atomic E-state index is -1.05. The summed E-state index contributed by atoms with van der Waals surface area (Å²) < 4.78 is 1.62. The van der Waals surface area contributed by atoms with Crippen molar-refractivity contribution in [2.75, 3.05) is 18.0 Å². The SMILES string of the molecule is O=C(O)c1cn(-c2nccnc2N2CCCCCC2)cn1. The van der Waals surface area contributed by atoms with E-state index in [1.54, 1.807) is 17.0 Å². The zero-order valence-electron chi connectivity index (χ0n) is 11.6. The minimum absolute atomic E-state index is 0.00229. The van der Waals surface area contributed by atoms with Crippen molar-refractivity contribution >= 4 is 11.8 Å². The Bertz CT molecular complexity index is 632. The zero-order chi connectivity index (χ0) is 14.7. The Labute approximate surface area is 122 Å². The molecule has 1 fully saturated rings. The Balaban J connectivity index is 1.96. The van der Waals surface area contributed by atoms with Gasteiger partial charge in [-0.3, -0.25) is 4.57 Å². The van der Waals surface area contributed by atoms with Gasteiger partial charge >= 0.3 is 5.97 Å². The van der Waals surface area contributed by atoms with Gasteiger partial charge in [0.1, 0.15) is 6.33 Å². The van der Waals surface area contributed by atoms with Crippen molar-refractivity contribution in [3.63, 3.8) is 0 Å². The predicted octanol–water partition coefficient (Wildman–Crippen LogP) is 1.74. The van der Waals surface area contributed by atoms with Gasteiger partial charge in [0.2, 0.25) is 0 Å². The molecule has 2 aromatic rings. The molecule has 0 amide bonds. The Hall–Kier alpha value is -2.44. The van der Waals surface area contributed by atoms with Crippen molar-refractivity contribution in [1.29, 1.82) is 0 Å². The van der Waals surface area contributed by atoms with Crippen LogP contribution in [0.3, 0.4) is 0 Å². The number of imidazole rings is 1. The Morgan fingerprint density at radius 2 is 1.67 bits per heavy atom. The molecule has 3 heterocycles. The van der Waals surface area contributed by atoms with Gasteiger partial charge in [0.25, 0.3) is 0 Å². The van der Waals surface area contributed by atoms with Crippen molar-refractivity contribution in [3.05, 3.63) is 30.6 Å². The van der Waals surface area contributed by atoms with Crippen LogP contribution in [0.25, 0.3) is 5.82 Å². The predicted molar refractivity (Wildman–Crippen MR) is 76.8 cm³/mol. The fourth-order valence-electron chi connectivity index (χ4n) is 2.56. The lowest BCUT2D eigenvalue weighted by Gasteiger charge is -2.23. The average Bonchev–Trinajstić information content (AvgIpc) is 2.84. The summed E-state index contributed by atoms with van der Waals surface area (Å²) in [5, 5.41) is 8.98. The van der Waals surface area contributed by atoms with Crippen LogP contribution >= 0.6 is 0 Å². The molecule has 0 aliphatic carbocycles. The van der Waals surface area contributed by atoms with E-state index < -0.39 is 5.97 Å². The van der Waals surface area contributed by atoms with Crippen molar-refractivity contribution in [3.8, 4) is 5.82 Å². The standard InChI is InChI=1S/C14H17N5O2/c20-14(21)11-9-19(10-17-11)13-12(15-5-6-16-13)18-7-3-1-2-4-8-18/h5-6,9-10H,1-4,7-8H2,(H,20,21). The summed E-state index contributed by atoms with van der Waals surface area (Å²) in [4.78, 5) is 25.8. The molecule has 3 rings (SSSR count). The number of carboxylic acid groups (broad SMARTS) is 1. The first-order chi connectivity index (χ1) is 10.3. The van der Waals surface area contributed by atoms with Crippen molar-refractivity contribution in [2.45, 2.75) is 25.7 Å². The molecule has 0 aromatic carbocycles. The van der Waals surface area contributed by atoms with E-state index in [0.29, 0.717) is 5.82 Å². The number of aromatic carboxylic acids is 1. The number of rotatable bonds is 3. The maximum atomic E-state index is 11.0. The van der Waals surface area contributed by atoms with Gasteiger partial charge in [-0.05, 0) is 12.8 Å². The van der Waals surface area contributed by atoms with E-state index in [1.165, 1.54) is 25.4 Å². The summed E-state index contributed by atoms with van der Waals surface area (Å²) in [5.74, 6) is 0.363. The van der Waals surface area contributed by atoms with E-state index in [4.69, 9.17) is 5.11 Å². The zero-order valence-corrected chi connectivity index (χ0v) is 11.6. The highest BCUT2D eigenvalue weighted by Crippen LogP contribution is 2.22. The van der Waals surface area contributed by atoms with Crippen molar-refractivity contribution in [1.82, 2.24) is 19.5 Å². The molecule has 0 spiro atoms. The highest BCUT2D eigenvalue weighted by molar-refractivity contribution is 5.85. The van der Waals surface area contributed by atoms with Gasteiger partial charge in [-0.15, -0.1) is 0 Å². The quantitative estimate of drug-likeness (QED) is 0.925. The number of anilines is 1. The molecule has 7 heteroatoms. The smallest absolute Gasteiger partial charge is 0.356 e. The first-order valence-electron chi connectivity index (χ1n) is 7.09. The molecule has 0 saturated carbocycles. The maximum Gasteiger partial charge on any atom is 0.356 e. The Morgan fingerprint density at radius 1 is 1.00 bits per heavy atom. The Kier molecular flexibility index (Phi) is 3.81. The largest absolute Gasteiger partial charge is 0.476 e. The van der Waals surface area contributed by atoms with E-state index in [2.05, 4.69) is 19.9 Å². The average molecular weight is 287 g/mol. The van der Waals surface area contributed by atoms with Crippen LogP contribution in [0.1, 0.15) is 36.2 Å². The lowest BCUT2D eigenvalue weighted by atomic mass is 10.2. The molecular formula is C14H17N5O2. The second-order valence-corrected chi connectivity index (χ2v) is 5.08. The highest BCUT2D eigenvalue weighted by atomic mass is 16.4. The summed E-state index contributed by atoms with van der Waals surface area (Å²) in [6.07, 6.45) is 11.0. The van der Waals surface area contributed by atoms with Crippen molar-refractivity contribution < 1.29 is 9.90 Å². The van der Waals surface area contributed by atoms with Crippen LogP contribution in [-0.4, -0.2) is 43.7 Å². The van der Waals surface area contributed by atoms with Gasteiger partial charge in [0.05, 0.1) is 0 Å². The number of hydrogen-bond donors (Lipinski definition) is 1. The lowest BCUT2D eigenvalue weighted by Crippen LogP contribution is -2.26. The van der Waals surface area contributed by atoms with E-state index in [9.17, 15) is 4.79 Å². The van der Waals surface area contributed by atoms with Crippen LogP contribution in [0, 0.1) is 0 Å². The molecule has 0 bridgehead atoms. The number of nitrogens with zero attached hydrogens (tertiary/aromatic N) is 5. The van der Waals surface area contributed by atoms with Gasteiger partial charge in [-0.2, -0.15) is 0 Å². The molecular weight excluding hydrogens is 270 g/mol. The Morgan fingerprint density at radius 3 is 2.29 bits per heavy atom. The molecule has 1 aliphatic rings. The molecule has 1 N–H and O–H groups in total. The monoisotopic (exact) mass is 287 g/mol. The molecule has 0 atom stereocenters. The van der Waals surface area contributed by atoms with Crippen LogP contribution in [0.2, 0.25) is 0 Å². The number of hydrogen-bond acceptors (Lipinski definition) is 5. The maximum absolute atomic E-state index is 11.0. The van der Waals surface area contributed by atoms with Crippen LogP contribution in [0.4, 0.5) is 5.82 Å². The van der Waals surface area contributed by atoms with Gasteiger partial charge in [0, 0.05) is 31.7 Å².